The molecular formula is C20H26N4O3S. The molecule has 0 bridgehead atoms. The van der Waals surface area contributed by atoms with Crippen LogP contribution in [0.4, 0.5) is 0 Å². The van der Waals surface area contributed by atoms with Crippen LogP contribution in [0.1, 0.15) is 40.9 Å². The Labute approximate surface area is 167 Å². The van der Waals surface area contributed by atoms with Crippen LogP contribution < -0.4 is 16.2 Å². The van der Waals surface area contributed by atoms with Crippen LogP contribution in [0.2, 0.25) is 0 Å². The summed E-state index contributed by atoms with van der Waals surface area (Å²) in [5.74, 6) is 1.83. The topological polar surface area (TPSA) is 96.1 Å². The molecule has 7 nitrogen and oxygen atoms in total. The van der Waals surface area contributed by atoms with Gasteiger partial charge in [0, 0.05) is 6.61 Å². The van der Waals surface area contributed by atoms with Crippen molar-refractivity contribution >= 4 is 27.5 Å². The fraction of sp³-hybridized carbons (Fsp3) is 0.650. The van der Waals surface area contributed by atoms with E-state index in [4.69, 9.17) is 4.74 Å². The molecule has 2 saturated carbocycles. The Hall–Kier alpha value is -1.77. The number of hydrogen-bond acceptors (Lipinski definition) is 6. The van der Waals surface area contributed by atoms with Gasteiger partial charge in [-0.05, 0) is 69.0 Å². The number of nitrogens with one attached hydrogen (secondary N) is 3. The van der Waals surface area contributed by atoms with Crippen molar-refractivity contribution in [2.24, 2.45) is 17.8 Å². The number of fused-ring (bicyclic) bond motifs is 2. The van der Waals surface area contributed by atoms with Gasteiger partial charge >= 0.3 is 0 Å². The summed E-state index contributed by atoms with van der Waals surface area (Å²) >= 11 is 1.29. The van der Waals surface area contributed by atoms with Crippen molar-refractivity contribution in [1.29, 1.82) is 0 Å². The summed E-state index contributed by atoms with van der Waals surface area (Å²) in [4.78, 5) is 33.2. The largest absolute Gasteiger partial charge is 0.376 e. The van der Waals surface area contributed by atoms with Crippen molar-refractivity contribution in [3.05, 3.63) is 27.1 Å². The van der Waals surface area contributed by atoms with E-state index in [-0.39, 0.29) is 23.6 Å². The van der Waals surface area contributed by atoms with Crippen LogP contribution in [0.5, 0.6) is 0 Å². The maximum atomic E-state index is 13.1. The zero-order chi connectivity index (χ0) is 19.3. The van der Waals surface area contributed by atoms with Gasteiger partial charge in [-0.3, -0.25) is 9.59 Å². The van der Waals surface area contributed by atoms with E-state index in [1.54, 1.807) is 0 Å². The molecule has 0 spiro atoms. The summed E-state index contributed by atoms with van der Waals surface area (Å²) in [6, 6.07) is 0.0169. The number of H-pyrrole nitrogens is 1. The van der Waals surface area contributed by atoms with Gasteiger partial charge in [0.25, 0.3) is 11.5 Å². The molecule has 0 unspecified atom stereocenters. The number of aryl methyl sites for hydroxylation is 1. The standard InChI is InChI=1S/C20H26N4O3S/c1-10-16-18(25)22-9-23-20(16)28-17(10)19(26)24-14-4-12-6-21-7-13(12)5-15(14)27-8-11-2-3-11/h9,11-15,21H,2-8H2,1H3,(H,24,26)(H,22,23,25)/t12-,13+,14-,15-/m0/s1. The van der Waals surface area contributed by atoms with Crippen LogP contribution in [0.3, 0.4) is 0 Å². The Kier molecular flexibility index (Phi) is 4.72. The quantitative estimate of drug-likeness (QED) is 0.709. The molecule has 3 heterocycles. The minimum Gasteiger partial charge on any atom is -0.376 e. The number of nitrogens with zero attached hydrogens (tertiary/aromatic N) is 1. The van der Waals surface area contributed by atoms with E-state index in [9.17, 15) is 9.59 Å². The average Bonchev–Trinajstić information content (AvgIpc) is 3.29. The van der Waals surface area contributed by atoms with Crippen molar-refractivity contribution in [2.75, 3.05) is 19.7 Å². The van der Waals surface area contributed by atoms with E-state index in [1.165, 1.54) is 30.5 Å². The van der Waals surface area contributed by atoms with Crippen molar-refractivity contribution in [3.8, 4) is 0 Å². The van der Waals surface area contributed by atoms with Gasteiger partial charge in [0.05, 0.1) is 28.7 Å². The lowest BCUT2D eigenvalue weighted by Crippen LogP contribution is -2.50. The fourth-order valence-electron chi connectivity index (χ4n) is 4.69. The first-order valence-corrected chi connectivity index (χ1v) is 11.0. The van der Waals surface area contributed by atoms with Crippen molar-refractivity contribution < 1.29 is 9.53 Å². The number of amides is 1. The molecule has 2 aliphatic carbocycles. The number of carbonyl (C=O) groups is 1. The monoisotopic (exact) mass is 402 g/mol. The molecule has 28 heavy (non-hydrogen) atoms. The molecule has 0 aromatic carbocycles. The van der Waals surface area contributed by atoms with E-state index < -0.39 is 0 Å². The molecule has 2 aromatic rings. The molecule has 2 aromatic heterocycles. The Bertz CT molecular complexity index is 951. The summed E-state index contributed by atoms with van der Waals surface area (Å²) in [6.07, 6.45) is 5.93. The summed E-state index contributed by atoms with van der Waals surface area (Å²) in [5, 5.41) is 7.25. The predicted molar refractivity (Wildman–Crippen MR) is 108 cm³/mol. The molecule has 5 rings (SSSR count). The minimum absolute atomic E-state index is 0.0169. The van der Waals surface area contributed by atoms with E-state index in [0.29, 0.717) is 38.4 Å². The van der Waals surface area contributed by atoms with Crippen molar-refractivity contribution in [3.63, 3.8) is 0 Å². The third kappa shape index (κ3) is 3.38. The number of rotatable bonds is 5. The lowest BCUT2D eigenvalue weighted by Gasteiger charge is -2.38. The molecule has 1 amide bonds. The third-order valence-corrected chi connectivity index (χ3v) is 7.72. The van der Waals surface area contributed by atoms with E-state index in [2.05, 4.69) is 20.6 Å². The zero-order valence-electron chi connectivity index (χ0n) is 16.0. The summed E-state index contributed by atoms with van der Waals surface area (Å²) in [7, 11) is 0. The molecule has 4 atom stereocenters. The maximum absolute atomic E-state index is 13.1. The highest BCUT2D eigenvalue weighted by molar-refractivity contribution is 7.20. The van der Waals surface area contributed by atoms with Gasteiger partial charge < -0.3 is 20.4 Å². The second-order valence-corrected chi connectivity index (χ2v) is 9.51. The molecule has 150 valence electrons. The van der Waals surface area contributed by atoms with Gasteiger partial charge in [-0.1, -0.05) is 0 Å². The van der Waals surface area contributed by atoms with Crippen LogP contribution in [0, 0.1) is 24.7 Å². The molecule has 8 heteroatoms. The van der Waals surface area contributed by atoms with Crippen molar-refractivity contribution in [2.45, 2.75) is 44.8 Å². The summed E-state index contributed by atoms with van der Waals surface area (Å²) in [6.45, 7) is 4.71. The Balaban J connectivity index is 1.36. The highest BCUT2D eigenvalue weighted by Gasteiger charge is 2.41. The first-order valence-electron chi connectivity index (χ1n) is 10.2. The third-order valence-electron chi connectivity index (χ3n) is 6.52. The maximum Gasteiger partial charge on any atom is 0.262 e. The van der Waals surface area contributed by atoms with Gasteiger partial charge in [0.2, 0.25) is 0 Å². The lowest BCUT2D eigenvalue weighted by molar-refractivity contribution is -0.0211. The molecule has 3 N–H and O–H groups in total. The number of ether oxygens (including phenoxy) is 1. The molecule has 3 aliphatic rings. The van der Waals surface area contributed by atoms with E-state index in [1.807, 2.05) is 6.92 Å². The number of thiophene rings is 1. The Morgan fingerprint density at radius 3 is 2.86 bits per heavy atom. The second-order valence-electron chi connectivity index (χ2n) is 8.51. The molecular weight excluding hydrogens is 376 g/mol. The van der Waals surface area contributed by atoms with Gasteiger partial charge in [0.1, 0.15) is 4.83 Å². The van der Waals surface area contributed by atoms with E-state index >= 15 is 0 Å². The number of aromatic amines is 1. The lowest BCUT2D eigenvalue weighted by atomic mass is 9.77. The first kappa shape index (κ1) is 18.3. The van der Waals surface area contributed by atoms with Gasteiger partial charge in [-0.25, -0.2) is 4.98 Å². The van der Waals surface area contributed by atoms with Crippen LogP contribution in [0.25, 0.3) is 10.2 Å². The first-order chi connectivity index (χ1) is 13.6. The van der Waals surface area contributed by atoms with Crippen LogP contribution in [0.15, 0.2) is 11.1 Å². The number of hydrogen-bond donors (Lipinski definition) is 3. The highest BCUT2D eigenvalue weighted by Crippen LogP contribution is 2.37. The number of aromatic nitrogens is 2. The fourth-order valence-corrected chi connectivity index (χ4v) is 5.74. The van der Waals surface area contributed by atoms with Crippen LogP contribution >= 0.6 is 11.3 Å². The predicted octanol–water partition coefficient (Wildman–Crippen LogP) is 1.82. The average molecular weight is 403 g/mol. The summed E-state index contributed by atoms with van der Waals surface area (Å²) < 4.78 is 6.27. The van der Waals surface area contributed by atoms with Gasteiger partial charge in [-0.2, -0.15) is 0 Å². The van der Waals surface area contributed by atoms with Crippen LogP contribution in [-0.4, -0.2) is 47.7 Å². The van der Waals surface area contributed by atoms with Crippen LogP contribution in [-0.2, 0) is 4.74 Å². The molecule has 1 aliphatic heterocycles. The Morgan fingerprint density at radius 1 is 1.32 bits per heavy atom. The smallest absolute Gasteiger partial charge is 0.262 e. The van der Waals surface area contributed by atoms with Crippen molar-refractivity contribution in [1.82, 2.24) is 20.6 Å². The molecule has 0 radical (unpaired) electrons. The SMILES string of the molecule is Cc1c(C(=O)N[C@H]2C[C@H]3CNC[C@H]3C[C@@H]2OCC2CC2)sc2nc[nH]c(=O)c12. The van der Waals surface area contributed by atoms with Gasteiger partial charge in [-0.15, -0.1) is 11.3 Å². The molecule has 3 fully saturated rings. The Morgan fingerprint density at radius 2 is 2.11 bits per heavy atom. The zero-order valence-corrected chi connectivity index (χ0v) is 16.8. The number of carbonyl (C=O) groups excluding carboxylic acids is 1. The minimum atomic E-state index is -0.194. The summed E-state index contributed by atoms with van der Waals surface area (Å²) in [5.41, 5.74) is 0.513. The van der Waals surface area contributed by atoms with E-state index in [0.717, 1.165) is 32.5 Å². The van der Waals surface area contributed by atoms with Gasteiger partial charge in [0.15, 0.2) is 0 Å². The normalized spacial score (nSPS) is 29.8. The highest BCUT2D eigenvalue weighted by atomic mass is 32.1. The second kappa shape index (κ2) is 7.24. The molecule has 1 saturated heterocycles.